The molecule has 0 saturated heterocycles. The molecule has 0 rings (SSSR count). The van der Waals surface area contributed by atoms with Crippen LogP contribution in [0.15, 0.2) is 0 Å². The first kappa shape index (κ1) is 31.6. The van der Waals surface area contributed by atoms with Gasteiger partial charge in [0.2, 0.25) is 0 Å². The quantitative estimate of drug-likeness (QED) is 0.393. The summed E-state index contributed by atoms with van der Waals surface area (Å²) in [7, 11) is 0. The van der Waals surface area contributed by atoms with Gasteiger partial charge in [-0.15, -0.1) is 0 Å². The van der Waals surface area contributed by atoms with Crippen molar-refractivity contribution in [3.05, 3.63) is 0 Å². The van der Waals surface area contributed by atoms with E-state index in [4.69, 9.17) is 15.0 Å². The smallest absolute Gasteiger partial charge is 1.00 e. The molecule has 3 nitrogen and oxygen atoms in total. The first-order valence-electron chi connectivity index (χ1n) is 0.612. The molecule has 7 heteroatoms. The van der Waals surface area contributed by atoms with Gasteiger partial charge in [0.1, 0.15) is 0 Å². The summed E-state index contributed by atoms with van der Waals surface area (Å²) in [5.41, 5.74) is 0. The van der Waals surface area contributed by atoms with Gasteiger partial charge in [0, 0.05) is 0 Å². The number of carboxylic acid groups (broad SMARTS) is 2. The second-order valence-electron chi connectivity index (χ2n) is 0.250. The van der Waals surface area contributed by atoms with E-state index in [2.05, 4.69) is 0 Å². The maximum Gasteiger partial charge on any atom is 2.00 e. The van der Waals surface area contributed by atoms with Gasteiger partial charge in [-0.3, -0.25) is 0 Å². The second kappa shape index (κ2) is 22.8. The van der Waals surface area contributed by atoms with Gasteiger partial charge < -0.3 is 27.4 Å². The first-order valence-corrected chi connectivity index (χ1v) is 0.612. The van der Waals surface area contributed by atoms with Crippen LogP contribution >= 0.6 is 0 Å². The summed E-state index contributed by atoms with van der Waals surface area (Å²) >= 11 is 0. The summed E-state index contributed by atoms with van der Waals surface area (Å²) in [5, 5.41) is 16.7. The van der Waals surface area contributed by atoms with Crippen molar-refractivity contribution in [2.45, 2.75) is 0 Å². The summed E-state index contributed by atoms with van der Waals surface area (Å²) in [6, 6.07) is 0. The minimum Gasteiger partial charge on any atom is -1.00 e. The van der Waals surface area contributed by atoms with Crippen LogP contribution < -0.4 is 52.2 Å². The van der Waals surface area contributed by atoms with Crippen molar-refractivity contribution >= 4 is 61.8 Å². The topological polar surface area (TPSA) is 63.2 Å². The summed E-state index contributed by atoms with van der Waals surface area (Å²) in [4.78, 5) is 8.33. The molecule has 1 atom stereocenters. The van der Waals surface area contributed by atoms with E-state index < -0.39 is 6.16 Å². The van der Waals surface area contributed by atoms with Gasteiger partial charge in [0.15, 0.2) is 0 Å². The Bertz CT molecular complexity index is 42.3. The van der Waals surface area contributed by atoms with Crippen molar-refractivity contribution < 1.29 is 57.0 Å². The van der Waals surface area contributed by atoms with Gasteiger partial charge in [0.25, 0.3) is 0 Å². The van der Waals surface area contributed by atoms with E-state index in [1.807, 2.05) is 0 Å². The normalized spacial score (nSPS) is 3.00. The molecule has 0 spiro atoms. The van der Waals surface area contributed by atoms with E-state index in [0.717, 1.165) is 0 Å². The Morgan fingerprint density at radius 2 is 1.25 bits per heavy atom. The van der Waals surface area contributed by atoms with Crippen LogP contribution in [0, 0.1) is 0 Å². The molecule has 0 N–H and O–H groups in total. The Morgan fingerprint density at radius 3 is 1.25 bits per heavy atom. The SMILES string of the molecule is O=C([O-])[O-].[AsH3].[Ca+2].[Cl-].[Na+]. The number of hydrogen-bond acceptors (Lipinski definition) is 3. The van der Waals surface area contributed by atoms with Crippen molar-refractivity contribution in [2.75, 3.05) is 0 Å². The Labute approximate surface area is 117 Å². The number of carbonyl (C=O) groups excluding carboxylic acids is 1. The molecule has 0 aliphatic heterocycles. The minimum absolute atomic E-state index is 0. The maximum absolute atomic E-state index is 8.33. The number of carbonyl (C=O) groups is 1. The van der Waals surface area contributed by atoms with Gasteiger partial charge >= 0.3 is 85.2 Å². The molecule has 0 heterocycles. The summed E-state index contributed by atoms with van der Waals surface area (Å²) in [6.45, 7) is 0. The fourth-order valence-electron chi connectivity index (χ4n) is 0. The molecule has 0 radical (unpaired) electrons. The van der Waals surface area contributed by atoms with Gasteiger partial charge in [-0.1, -0.05) is 0 Å². The maximum atomic E-state index is 8.33. The number of rotatable bonds is 0. The average molecular weight is 236 g/mol. The molecule has 0 saturated carbocycles. The van der Waals surface area contributed by atoms with E-state index in [0.29, 0.717) is 0 Å². The van der Waals surface area contributed by atoms with E-state index in [-0.39, 0.29) is 97.7 Å². The minimum atomic E-state index is -2.33. The molecule has 0 aliphatic rings. The van der Waals surface area contributed by atoms with Crippen LogP contribution in [0.3, 0.4) is 0 Å². The van der Waals surface area contributed by atoms with Crippen LogP contribution in [0.4, 0.5) is 4.79 Å². The van der Waals surface area contributed by atoms with Gasteiger partial charge in [-0.05, 0) is 6.16 Å². The largest absolute Gasteiger partial charge is 2.00 e. The third-order valence-electron chi connectivity index (χ3n) is 0. The van der Waals surface area contributed by atoms with E-state index in [1.54, 1.807) is 0 Å². The van der Waals surface area contributed by atoms with Crippen LogP contribution in [-0.2, 0) is 0 Å². The van der Waals surface area contributed by atoms with Gasteiger partial charge in [-0.2, -0.15) is 0 Å². The zero-order valence-corrected chi connectivity index (χ0v) is 12.4. The van der Waals surface area contributed by atoms with E-state index in [9.17, 15) is 0 Å². The van der Waals surface area contributed by atoms with Crippen molar-refractivity contribution in [3.8, 4) is 0 Å². The zero-order valence-electron chi connectivity index (χ0n) is 4.52. The van der Waals surface area contributed by atoms with Gasteiger partial charge in [-0.25, -0.2) is 0 Å². The van der Waals surface area contributed by atoms with Crippen molar-refractivity contribution in [2.24, 2.45) is 0 Å². The van der Waals surface area contributed by atoms with Gasteiger partial charge in [0.05, 0.1) is 0 Å². The van der Waals surface area contributed by atoms with E-state index in [1.165, 1.54) is 0 Å². The summed E-state index contributed by atoms with van der Waals surface area (Å²) < 4.78 is 0. The predicted molar refractivity (Wildman–Crippen MR) is 21.1 cm³/mol. The molecule has 40 valence electrons. The third-order valence-corrected chi connectivity index (χ3v) is 0. The molecule has 0 fully saturated rings. The molecule has 0 aliphatic carbocycles. The number of halogens is 1. The second-order valence-corrected chi connectivity index (χ2v) is 0.250. The van der Waals surface area contributed by atoms with Crippen LogP contribution in [0.5, 0.6) is 0 Å². The first-order chi connectivity index (χ1) is 1.73. The fraction of sp³-hybridized carbons (Fsp3) is 0. The molecule has 0 aromatic rings. The van der Waals surface area contributed by atoms with Crippen LogP contribution in [0.1, 0.15) is 0 Å². The van der Waals surface area contributed by atoms with Crippen molar-refractivity contribution in [1.82, 2.24) is 0 Å². The van der Waals surface area contributed by atoms with Crippen LogP contribution in [-0.4, -0.2) is 61.8 Å². The Hall–Kier alpha value is 2.38. The monoisotopic (exact) mass is 236 g/mol. The molecular weight excluding hydrogens is 233 g/mol. The molecule has 0 bridgehead atoms. The third kappa shape index (κ3) is 80.6. The fourth-order valence-corrected chi connectivity index (χ4v) is 0. The van der Waals surface area contributed by atoms with E-state index >= 15 is 0 Å². The Morgan fingerprint density at radius 1 is 1.25 bits per heavy atom. The molecule has 0 aromatic heterocycles. The van der Waals surface area contributed by atoms with Crippen LogP contribution in [0.25, 0.3) is 0 Å². The Kier molecular flexibility index (Phi) is 89.8. The summed E-state index contributed by atoms with van der Waals surface area (Å²) in [6.07, 6.45) is -2.33. The van der Waals surface area contributed by atoms with Crippen molar-refractivity contribution in [1.29, 1.82) is 0 Å². The van der Waals surface area contributed by atoms with Crippen LogP contribution in [0.2, 0.25) is 0 Å². The molecule has 1 unspecified atom stereocenters. The average Bonchev–Trinajstić information content (AvgIpc) is 0.811. The molecule has 0 aromatic carbocycles. The Balaban J connectivity index is -0.00000000750. The summed E-state index contributed by atoms with van der Waals surface area (Å²) in [5.74, 6) is 0. The zero-order chi connectivity index (χ0) is 3.58. The number of hydrogen-bond donors (Lipinski definition) is 0. The molecule has 0 amide bonds. The predicted octanol–water partition coefficient (Wildman–Crippen LogP) is -10.0. The standard InChI is InChI=1S/CH2O3.AsH3.Ca.ClH.Na/c2-1(3)4;;;;/h(H2,2,3,4);1H3;;1H;/q;;+2;;+1/p-3. The molecule has 8 heavy (non-hydrogen) atoms. The molecular formula is CH3AsCaClNaO3. The van der Waals surface area contributed by atoms with Crippen molar-refractivity contribution in [3.63, 3.8) is 0 Å².